The van der Waals surface area contributed by atoms with E-state index >= 15 is 0 Å². The first kappa shape index (κ1) is 15.7. The normalized spacial score (nSPS) is 10.6. The van der Waals surface area contributed by atoms with Gasteiger partial charge in [0.25, 0.3) is 0 Å². The molecule has 0 spiro atoms. The molecular formula is C19H21NO2. The van der Waals surface area contributed by atoms with Gasteiger partial charge in [-0.25, -0.2) is 4.79 Å². The van der Waals surface area contributed by atoms with Crippen LogP contribution in [0.3, 0.4) is 0 Å². The van der Waals surface area contributed by atoms with Gasteiger partial charge in [-0.15, -0.1) is 0 Å². The second-order valence-corrected chi connectivity index (χ2v) is 5.71. The topological polar surface area (TPSA) is 38.3 Å². The molecule has 0 aliphatic heterocycles. The molecule has 114 valence electrons. The van der Waals surface area contributed by atoms with E-state index in [-0.39, 0.29) is 1.43 Å². The van der Waals surface area contributed by atoms with Gasteiger partial charge in [0.15, 0.2) is 0 Å². The molecule has 0 fully saturated rings. The Morgan fingerprint density at radius 3 is 2.45 bits per heavy atom. The highest BCUT2D eigenvalue weighted by molar-refractivity contribution is 5.84. The van der Waals surface area contributed by atoms with Crippen LogP contribution in [0.2, 0.25) is 0 Å². The van der Waals surface area contributed by atoms with E-state index in [1.54, 1.807) is 13.8 Å². The van der Waals surface area contributed by atoms with E-state index in [0.717, 1.165) is 16.8 Å². The van der Waals surface area contributed by atoms with Crippen molar-refractivity contribution in [3.05, 3.63) is 54.1 Å². The van der Waals surface area contributed by atoms with Crippen molar-refractivity contribution in [2.75, 3.05) is 5.32 Å². The molecule has 2 aromatic rings. The summed E-state index contributed by atoms with van der Waals surface area (Å²) in [7, 11) is 0. The second kappa shape index (κ2) is 6.36. The van der Waals surface area contributed by atoms with Gasteiger partial charge in [0, 0.05) is 7.11 Å². The lowest BCUT2D eigenvalue weighted by Gasteiger charge is -2.24. The third kappa shape index (κ3) is 3.67. The lowest BCUT2D eigenvalue weighted by atomic mass is 10.0. The van der Waals surface area contributed by atoms with Crippen molar-refractivity contribution in [2.24, 2.45) is 0 Å². The Kier molecular flexibility index (Phi) is 4.53. The molecule has 1 N–H and O–H groups in total. The quantitative estimate of drug-likeness (QED) is 0.677. The maximum Gasteiger partial charge on any atom is 0.345 e. The predicted molar refractivity (Wildman–Crippen MR) is 91.4 cm³/mol. The van der Waals surface area contributed by atoms with Crippen LogP contribution in [0.25, 0.3) is 11.1 Å². The summed E-state index contributed by atoms with van der Waals surface area (Å²) in [5.74, 6) is -0.490. The number of carbonyl (C=O) groups is 1. The smallest absolute Gasteiger partial charge is 0.345 e. The van der Waals surface area contributed by atoms with Crippen LogP contribution in [0.15, 0.2) is 48.5 Å². The van der Waals surface area contributed by atoms with Crippen LogP contribution in [0.4, 0.5) is 5.69 Å². The third-order valence-corrected chi connectivity index (χ3v) is 3.33. The average molecular weight is 295 g/mol. The molecule has 0 bridgehead atoms. The molecule has 3 nitrogen and oxygen atoms in total. The minimum absolute atomic E-state index is 0. The first-order chi connectivity index (χ1) is 10.4. The lowest BCUT2D eigenvalue weighted by Crippen LogP contribution is -2.40. The Morgan fingerprint density at radius 1 is 1.18 bits per heavy atom. The van der Waals surface area contributed by atoms with Gasteiger partial charge in [-0.05, 0) is 44.0 Å². The number of hydrogen-bond acceptors (Lipinski definition) is 3. The summed E-state index contributed by atoms with van der Waals surface area (Å²) in [5, 5.41) is 3.16. The van der Waals surface area contributed by atoms with Crippen LogP contribution in [0.1, 0.15) is 20.8 Å². The fourth-order valence-electron chi connectivity index (χ4n) is 2.19. The molecule has 0 saturated heterocycles. The Labute approximate surface area is 132 Å². The van der Waals surface area contributed by atoms with Crippen molar-refractivity contribution in [1.29, 1.82) is 0 Å². The molecule has 0 aromatic heterocycles. The summed E-state index contributed by atoms with van der Waals surface area (Å²) in [6.07, 6.45) is 6.93. The van der Waals surface area contributed by atoms with Gasteiger partial charge >= 0.3 is 5.97 Å². The lowest BCUT2D eigenvalue weighted by molar-refractivity contribution is -0.140. The molecule has 22 heavy (non-hydrogen) atoms. The van der Waals surface area contributed by atoms with Gasteiger partial charge in [-0.3, -0.25) is 0 Å². The van der Waals surface area contributed by atoms with Crippen LogP contribution in [-0.2, 0) is 9.53 Å². The molecule has 3 heteroatoms. The number of benzene rings is 2. The Hall–Kier alpha value is -2.73. The Bertz CT molecular complexity index is 732. The predicted octanol–water partition coefficient (Wildman–Crippen LogP) is 4.23. The van der Waals surface area contributed by atoms with E-state index in [1.165, 1.54) is 5.56 Å². The molecule has 0 aliphatic rings. The average Bonchev–Trinajstić information content (AvgIpc) is 2.47. The SMILES string of the molecule is C#COC(=O)C(C)(C)Nc1cccc(-c2cccc(C)c2)c1.[HH]. The fourth-order valence-corrected chi connectivity index (χ4v) is 2.19. The van der Waals surface area contributed by atoms with Crippen molar-refractivity contribution >= 4 is 11.7 Å². The zero-order chi connectivity index (χ0) is 16.2. The molecule has 2 aromatic carbocycles. The second-order valence-electron chi connectivity index (χ2n) is 5.71. The summed E-state index contributed by atoms with van der Waals surface area (Å²) < 4.78 is 4.64. The zero-order valence-electron chi connectivity index (χ0n) is 13.0. The standard InChI is InChI=1S/C19H19NO2.H2/c1-5-22-18(21)19(3,4)20-17-11-7-10-16(13-17)15-9-6-8-14(2)12-15;/h1,6-13,20H,2-4H3;1H. The molecular weight excluding hydrogens is 274 g/mol. The number of hydrogen-bond donors (Lipinski definition) is 1. The largest absolute Gasteiger partial charge is 0.371 e. The monoisotopic (exact) mass is 295 g/mol. The summed E-state index contributed by atoms with van der Waals surface area (Å²) in [4.78, 5) is 11.8. The number of anilines is 1. The van der Waals surface area contributed by atoms with E-state index in [1.807, 2.05) is 36.4 Å². The van der Waals surface area contributed by atoms with Crippen LogP contribution in [0.5, 0.6) is 0 Å². The minimum Gasteiger partial charge on any atom is -0.371 e. The van der Waals surface area contributed by atoms with Gasteiger partial charge in [0.2, 0.25) is 0 Å². The first-order valence-electron chi connectivity index (χ1n) is 7.04. The van der Waals surface area contributed by atoms with Gasteiger partial charge in [0.1, 0.15) is 11.6 Å². The molecule has 0 saturated carbocycles. The highest BCUT2D eigenvalue weighted by Gasteiger charge is 2.29. The number of nitrogens with one attached hydrogen (secondary N) is 1. The third-order valence-electron chi connectivity index (χ3n) is 3.33. The molecule has 0 unspecified atom stereocenters. The van der Waals surface area contributed by atoms with Crippen molar-refractivity contribution < 1.29 is 11.0 Å². The van der Waals surface area contributed by atoms with Crippen LogP contribution in [0, 0.1) is 19.5 Å². The van der Waals surface area contributed by atoms with Crippen LogP contribution >= 0.6 is 0 Å². The number of rotatable bonds is 4. The molecule has 0 atom stereocenters. The van der Waals surface area contributed by atoms with Crippen molar-refractivity contribution in [1.82, 2.24) is 0 Å². The van der Waals surface area contributed by atoms with Gasteiger partial charge in [-0.1, -0.05) is 48.4 Å². The summed E-state index contributed by atoms with van der Waals surface area (Å²) in [6.45, 7) is 5.52. The molecule has 0 heterocycles. The van der Waals surface area contributed by atoms with Gasteiger partial charge < -0.3 is 10.1 Å². The Balaban J connectivity index is 0.00000264. The first-order valence-corrected chi connectivity index (χ1v) is 7.04. The van der Waals surface area contributed by atoms with E-state index in [4.69, 9.17) is 6.42 Å². The number of esters is 1. The fraction of sp³-hybridized carbons (Fsp3) is 0.211. The van der Waals surface area contributed by atoms with E-state index < -0.39 is 11.5 Å². The van der Waals surface area contributed by atoms with Crippen molar-refractivity contribution in [3.8, 4) is 23.7 Å². The zero-order valence-corrected chi connectivity index (χ0v) is 13.0. The number of aryl methyl sites for hydroxylation is 1. The summed E-state index contributed by atoms with van der Waals surface area (Å²) >= 11 is 0. The Morgan fingerprint density at radius 2 is 1.82 bits per heavy atom. The van der Waals surface area contributed by atoms with Crippen LogP contribution in [-0.4, -0.2) is 11.5 Å². The molecule has 0 radical (unpaired) electrons. The highest BCUT2D eigenvalue weighted by Crippen LogP contribution is 2.25. The molecule has 0 amide bonds. The van der Waals surface area contributed by atoms with Gasteiger partial charge in [0.05, 0.1) is 0 Å². The van der Waals surface area contributed by atoms with Crippen molar-refractivity contribution in [3.63, 3.8) is 0 Å². The highest BCUT2D eigenvalue weighted by atomic mass is 16.5. The summed E-state index contributed by atoms with van der Waals surface area (Å²) in [5.41, 5.74) is 3.34. The van der Waals surface area contributed by atoms with E-state index in [0.29, 0.717) is 0 Å². The molecule has 0 aliphatic carbocycles. The maximum atomic E-state index is 11.8. The maximum absolute atomic E-state index is 11.8. The van der Waals surface area contributed by atoms with Crippen LogP contribution < -0.4 is 5.32 Å². The number of carbonyl (C=O) groups excluding carboxylic acids is 1. The van der Waals surface area contributed by atoms with E-state index in [2.05, 4.69) is 35.2 Å². The van der Waals surface area contributed by atoms with E-state index in [9.17, 15) is 4.79 Å². The number of ether oxygens (including phenoxy) is 1. The number of terminal acetylenes is 1. The van der Waals surface area contributed by atoms with Crippen molar-refractivity contribution in [2.45, 2.75) is 26.3 Å². The van der Waals surface area contributed by atoms with Gasteiger partial charge in [-0.2, -0.15) is 0 Å². The minimum atomic E-state index is -0.905. The summed E-state index contributed by atoms with van der Waals surface area (Å²) in [6, 6.07) is 16.2. The molecule has 2 rings (SSSR count).